The van der Waals surface area contributed by atoms with Gasteiger partial charge in [0.1, 0.15) is 5.82 Å². The van der Waals surface area contributed by atoms with Crippen molar-refractivity contribution in [2.24, 2.45) is 11.7 Å². The van der Waals surface area contributed by atoms with E-state index in [0.717, 1.165) is 12.8 Å². The fourth-order valence-electron chi connectivity index (χ4n) is 2.53. The average Bonchev–Trinajstić information content (AvgIpc) is 2.37. The Morgan fingerprint density at radius 3 is 2.89 bits per heavy atom. The highest BCUT2D eigenvalue weighted by Gasteiger charge is 2.28. The summed E-state index contributed by atoms with van der Waals surface area (Å²) in [5.74, 6) is -0.196. The van der Waals surface area contributed by atoms with Gasteiger partial charge >= 0.3 is 0 Å². The molecule has 19 heavy (non-hydrogen) atoms. The highest BCUT2D eigenvalue weighted by molar-refractivity contribution is 9.10. The van der Waals surface area contributed by atoms with E-state index in [-0.39, 0.29) is 11.9 Å². The van der Waals surface area contributed by atoms with Crippen molar-refractivity contribution < 1.29 is 9.18 Å². The first-order valence-corrected chi connectivity index (χ1v) is 7.31. The van der Waals surface area contributed by atoms with Crippen LogP contribution in [-0.2, 0) is 0 Å². The van der Waals surface area contributed by atoms with Gasteiger partial charge in [-0.25, -0.2) is 4.39 Å². The molecule has 1 fully saturated rings. The zero-order valence-electron chi connectivity index (χ0n) is 10.9. The molecular weight excluding hydrogens is 311 g/mol. The van der Waals surface area contributed by atoms with Crippen LogP contribution in [-0.4, -0.2) is 29.9 Å². The van der Waals surface area contributed by atoms with Crippen LogP contribution < -0.4 is 5.73 Å². The first-order chi connectivity index (χ1) is 9.01. The fraction of sp³-hybridized carbons (Fsp3) is 0.500. The molecule has 0 spiro atoms. The molecule has 1 amide bonds. The van der Waals surface area contributed by atoms with Gasteiger partial charge in [0.25, 0.3) is 5.91 Å². The van der Waals surface area contributed by atoms with Gasteiger partial charge in [0.05, 0.1) is 0 Å². The maximum absolute atomic E-state index is 13.3. The molecule has 2 N–H and O–H groups in total. The van der Waals surface area contributed by atoms with Crippen LogP contribution in [0.25, 0.3) is 0 Å². The van der Waals surface area contributed by atoms with E-state index < -0.39 is 5.82 Å². The quantitative estimate of drug-likeness (QED) is 0.907. The predicted molar refractivity (Wildman–Crippen MR) is 76.4 cm³/mol. The summed E-state index contributed by atoms with van der Waals surface area (Å²) in [4.78, 5) is 14.1. The molecule has 0 aromatic heterocycles. The lowest BCUT2D eigenvalue weighted by Crippen LogP contribution is -2.49. The molecule has 3 nitrogen and oxygen atoms in total. The molecule has 0 saturated carbocycles. The normalized spacial score (nSPS) is 23.5. The zero-order chi connectivity index (χ0) is 14.0. The Balaban J connectivity index is 2.15. The van der Waals surface area contributed by atoms with Gasteiger partial charge in [-0.3, -0.25) is 4.79 Å². The Morgan fingerprint density at radius 1 is 1.53 bits per heavy atom. The number of hydrogen-bond acceptors (Lipinski definition) is 2. The molecule has 1 heterocycles. The van der Waals surface area contributed by atoms with E-state index >= 15 is 0 Å². The number of nitrogens with zero attached hydrogens (tertiary/aromatic N) is 1. The average molecular weight is 329 g/mol. The second-order valence-corrected chi connectivity index (χ2v) is 5.95. The molecule has 1 aromatic rings. The minimum atomic E-state index is -0.404. The van der Waals surface area contributed by atoms with Crippen LogP contribution in [0.5, 0.6) is 0 Å². The number of nitrogens with two attached hydrogens (primary N) is 1. The van der Waals surface area contributed by atoms with E-state index in [1.54, 1.807) is 11.0 Å². The summed E-state index contributed by atoms with van der Waals surface area (Å²) in [5.41, 5.74) is 6.42. The summed E-state index contributed by atoms with van der Waals surface area (Å²) in [7, 11) is 0. The van der Waals surface area contributed by atoms with Gasteiger partial charge in [-0.05, 0) is 30.5 Å². The highest BCUT2D eigenvalue weighted by Crippen LogP contribution is 2.22. The molecular formula is C14H18BrFN2O. The van der Waals surface area contributed by atoms with Gasteiger partial charge in [0.2, 0.25) is 0 Å². The van der Waals surface area contributed by atoms with E-state index in [0.29, 0.717) is 29.0 Å². The number of carbonyl (C=O) groups is 1. The lowest BCUT2D eigenvalue weighted by atomic mass is 9.90. The third-order valence-corrected chi connectivity index (χ3v) is 4.17. The van der Waals surface area contributed by atoms with Gasteiger partial charge in [0, 0.05) is 29.2 Å². The number of halogens is 2. The first kappa shape index (κ1) is 14.5. The second kappa shape index (κ2) is 6.01. The molecule has 5 heteroatoms. The maximum atomic E-state index is 13.3. The van der Waals surface area contributed by atoms with Crippen molar-refractivity contribution in [3.63, 3.8) is 0 Å². The number of likely N-dealkylation sites (tertiary alicyclic amines) is 1. The molecule has 1 aliphatic rings. The molecule has 0 radical (unpaired) electrons. The van der Waals surface area contributed by atoms with E-state index in [9.17, 15) is 9.18 Å². The Labute approximate surface area is 121 Å². The fourth-order valence-corrected chi connectivity index (χ4v) is 2.99. The number of rotatable bonds is 2. The van der Waals surface area contributed by atoms with Crippen LogP contribution in [0.15, 0.2) is 22.7 Å². The van der Waals surface area contributed by atoms with E-state index in [4.69, 9.17) is 5.73 Å². The third kappa shape index (κ3) is 3.34. The summed E-state index contributed by atoms with van der Waals surface area (Å²) in [6, 6.07) is 4.44. The molecule has 2 atom stereocenters. The van der Waals surface area contributed by atoms with Crippen LogP contribution in [0.2, 0.25) is 0 Å². The zero-order valence-corrected chi connectivity index (χ0v) is 12.5. The van der Waals surface area contributed by atoms with Gasteiger partial charge < -0.3 is 10.6 Å². The van der Waals surface area contributed by atoms with Crippen LogP contribution in [0.1, 0.15) is 30.1 Å². The Bertz CT molecular complexity index is 460. The smallest absolute Gasteiger partial charge is 0.254 e. The maximum Gasteiger partial charge on any atom is 0.254 e. The van der Waals surface area contributed by atoms with Crippen molar-refractivity contribution in [3.05, 3.63) is 34.1 Å². The minimum absolute atomic E-state index is 0.120. The third-order valence-electron chi connectivity index (χ3n) is 3.71. The molecule has 2 rings (SSSR count). The Hall–Kier alpha value is -0.940. The number of carbonyl (C=O) groups excluding carboxylic acids is 1. The number of hydrogen-bond donors (Lipinski definition) is 1. The van der Waals surface area contributed by atoms with Crippen molar-refractivity contribution in [2.75, 3.05) is 13.1 Å². The Kier molecular flexibility index (Phi) is 4.58. The summed E-state index contributed by atoms with van der Waals surface area (Å²) in [6.45, 7) is 3.38. The lowest BCUT2D eigenvalue weighted by Gasteiger charge is -2.36. The molecule has 104 valence electrons. The standard InChI is InChI=1S/C14H18BrFN2O/c1-2-9-8-18(4-3-13(9)17)14(19)10-5-11(15)7-12(16)6-10/h5-7,9,13H,2-4,8,17H2,1H3. The summed E-state index contributed by atoms with van der Waals surface area (Å²) in [6.07, 6.45) is 1.76. The summed E-state index contributed by atoms with van der Waals surface area (Å²) < 4.78 is 13.9. The minimum Gasteiger partial charge on any atom is -0.338 e. The SMILES string of the molecule is CCC1CN(C(=O)c2cc(F)cc(Br)c2)CCC1N. The van der Waals surface area contributed by atoms with Crippen molar-refractivity contribution in [1.29, 1.82) is 0 Å². The Morgan fingerprint density at radius 2 is 2.26 bits per heavy atom. The van der Waals surface area contributed by atoms with E-state index in [1.807, 2.05) is 0 Å². The van der Waals surface area contributed by atoms with Crippen LogP contribution in [0, 0.1) is 11.7 Å². The number of amides is 1. The van der Waals surface area contributed by atoms with Gasteiger partial charge in [-0.1, -0.05) is 29.3 Å². The number of benzene rings is 1. The molecule has 1 aliphatic heterocycles. The van der Waals surface area contributed by atoms with Crippen LogP contribution in [0.3, 0.4) is 0 Å². The molecule has 0 bridgehead atoms. The summed E-state index contributed by atoms with van der Waals surface area (Å²) in [5, 5.41) is 0. The van der Waals surface area contributed by atoms with E-state index in [2.05, 4.69) is 22.9 Å². The van der Waals surface area contributed by atoms with Gasteiger partial charge in [-0.2, -0.15) is 0 Å². The van der Waals surface area contributed by atoms with Gasteiger partial charge in [-0.15, -0.1) is 0 Å². The van der Waals surface area contributed by atoms with Crippen LogP contribution in [0.4, 0.5) is 4.39 Å². The highest BCUT2D eigenvalue weighted by atomic mass is 79.9. The lowest BCUT2D eigenvalue weighted by molar-refractivity contribution is 0.0648. The number of piperidine rings is 1. The van der Waals surface area contributed by atoms with E-state index in [1.165, 1.54) is 12.1 Å². The van der Waals surface area contributed by atoms with Crippen molar-refractivity contribution >= 4 is 21.8 Å². The second-order valence-electron chi connectivity index (χ2n) is 5.03. The van der Waals surface area contributed by atoms with Crippen molar-refractivity contribution in [2.45, 2.75) is 25.8 Å². The van der Waals surface area contributed by atoms with Gasteiger partial charge in [0.15, 0.2) is 0 Å². The molecule has 0 aliphatic carbocycles. The van der Waals surface area contributed by atoms with Crippen LogP contribution >= 0.6 is 15.9 Å². The van der Waals surface area contributed by atoms with Crippen molar-refractivity contribution in [1.82, 2.24) is 4.90 Å². The first-order valence-electron chi connectivity index (χ1n) is 6.52. The molecule has 1 aromatic carbocycles. The summed E-state index contributed by atoms with van der Waals surface area (Å²) >= 11 is 3.21. The van der Waals surface area contributed by atoms with Crippen molar-refractivity contribution in [3.8, 4) is 0 Å². The molecule has 2 unspecified atom stereocenters. The topological polar surface area (TPSA) is 46.3 Å². The largest absolute Gasteiger partial charge is 0.338 e. The predicted octanol–water partition coefficient (Wildman–Crippen LogP) is 2.79. The molecule has 1 saturated heterocycles. The monoisotopic (exact) mass is 328 g/mol.